The zero-order valence-corrected chi connectivity index (χ0v) is 19.8. The van der Waals surface area contributed by atoms with E-state index in [2.05, 4.69) is 76.9 Å². The molecule has 6 atom stereocenters. The van der Waals surface area contributed by atoms with E-state index in [1.165, 1.54) is 44.1 Å². The second-order valence-electron chi connectivity index (χ2n) is 11.2. The van der Waals surface area contributed by atoms with Gasteiger partial charge in [-0.15, -0.1) is 0 Å². The molecule has 0 spiro atoms. The minimum Gasteiger partial charge on any atom is -0.391 e. The maximum Gasteiger partial charge on any atom is 0.0754 e. The van der Waals surface area contributed by atoms with Crippen LogP contribution in [0.15, 0.2) is 30.3 Å². The van der Waals surface area contributed by atoms with E-state index in [0.717, 1.165) is 30.7 Å². The summed E-state index contributed by atoms with van der Waals surface area (Å²) in [5, 5.41) is 11.6. The predicted molar refractivity (Wildman–Crippen MR) is 124 cm³/mol. The fraction of sp³-hybridized carbons (Fsp3) is 0.778. The van der Waals surface area contributed by atoms with Crippen molar-refractivity contribution in [2.75, 3.05) is 7.05 Å². The van der Waals surface area contributed by atoms with Crippen molar-refractivity contribution in [2.45, 2.75) is 98.3 Å². The molecule has 0 radical (unpaired) electrons. The minimum atomic E-state index is -0.233. The molecule has 0 aliphatic heterocycles. The minimum absolute atomic E-state index is 0.0395. The topological polar surface area (TPSA) is 23.5 Å². The third-order valence-electron chi connectivity index (χ3n) is 9.04. The van der Waals surface area contributed by atoms with Gasteiger partial charge < -0.3 is 5.11 Å². The van der Waals surface area contributed by atoms with Crippen molar-refractivity contribution in [3.63, 3.8) is 0 Å². The van der Waals surface area contributed by atoms with E-state index >= 15 is 0 Å². The number of fused-ring (bicyclic) bond motifs is 1. The lowest BCUT2D eigenvalue weighted by atomic mass is 9.53. The maximum absolute atomic E-state index is 11.6. The van der Waals surface area contributed by atoms with Crippen molar-refractivity contribution in [1.82, 2.24) is 4.90 Å². The molecule has 3 rings (SSSR count). The lowest BCUT2D eigenvalue weighted by Crippen LogP contribution is -2.59. The Morgan fingerprint density at radius 3 is 2.31 bits per heavy atom. The van der Waals surface area contributed by atoms with Crippen LogP contribution in [0.2, 0.25) is 0 Å². The second-order valence-corrected chi connectivity index (χ2v) is 11.2. The smallest absolute Gasteiger partial charge is 0.0754 e. The summed E-state index contributed by atoms with van der Waals surface area (Å²) in [6.45, 7) is 13.0. The van der Waals surface area contributed by atoms with E-state index < -0.39 is 0 Å². The van der Waals surface area contributed by atoms with Crippen LogP contribution >= 0.6 is 0 Å². The highest BCUT2D eigenvalue weighted by molar-refractivity contribution is 5.16. The van der Waals surface area contributed by atoms with Gasteiger partial charge in [-0.05, 0) is 61.5 Å². The van der Waals surface area contributed by atoms with Gasteiger partial charge in [0.1, 0.15) is 0 Å². The predicted octanol–water partition coefficient (Wildman–Crippen LogP) is 6.53. The van der Waals surface area contributed by atoms with Crippen LogP contribution in [0.3, 0.4) is 0 Å². The molecule has 2 nitrogen and oxygen atoms in total. The highest BCUT2D eigenvalue weighted by Crippen LogP contribution is 2.65. The summed E-state index contributed by atoms with van der Waals surface area (Å²) in [6, 6.07) is 11.0. The number of aliphatic hydroxyl groups is 1. The van der Waals surface area contributed by atoms with Crippen molar-refractivity contribution in [1.29, 1.82) is 0 Å². The van der Waals surface area contributed by atoms with Crippen molar-refractivity contribution in [2.24, 2.45) is 28.6 Å². The van der Waals surface area contributed by atoms with Crippen molar-refractivity contribution in [3.05, 3.63) is 35.9 Å². The maximum atomic E-state index is 11.6. The van der Waals surface area contributed by atoms with E-state index in [1.54, 1.807) is 0 Å². The standard InChI is InChI=1S/C27H45NO/c1-20(2)11-10-12-21(3)23-15-17-27(5)25(29)24(16-18-26(23,27)4)28(6)19-22-13-8-7-9-14-22/h7-9,13-14,20-21,23-25,29H,10-12,15-19H2,1-6H3/t21-,23-,24+,25+,26-,27+/m1/s1. The van der Waals surface area contributed by atoms with E-state index in [-0.39, 0.29) is 23.0 Å². The van der Waals surface area contributed by atoms with Gasteiger partial charge in [0.25, 0.3) is 0 Å². The second kappa shape index (κ2) is 9.10. The summed E-state index contributed by atoms with van der Waals surface area (Å²) >= 11 is 0. The molecule has 29 heavy (non-hydrogen) atoms. The summed E-state index contributed by atoms with van der Waals surface area (Å²) in [4.78, 5) is 2.41. The van der Waals surface area contributed by atoms with Crippen LogP contribution in [-0.4, -0.2) is 29.2 Å². The highest BCUT2D eigenvalue weighted by atomic mass is 16.3. The van der Waals surface area contributed by atoms with Crippen LogP contribution in [0.4, 0.5) is 0 Å². The van der Waals surface area contributed by atoms with E-state index in [0.29, 0.717) is 0 Å². The number of aliphatic hydroxyl groups excluding tert-OH is 1. The van der Waals surface area contributed by atoms with Gasteiger partial charge in [-0.1, -0.05) is 84.2 Å². The van der Waals surface area contributed by atoms with Crippen molar-refractivity contribution >= 4 is 0 Å². The Kier molecular flexibility index (Phi) is 7.16. The zero-order chi connectivity index (χ0) is 21.2. The quantitative estimate of drug-likeness (QED) is 0.537. The number of rotatable bonds is 8. The largest absolute Gasteiger partial charge is 0.391 e. The number of nitrogens with zero attached hydrogens (tertiary/aromatic N) is 1. The number of likely N-dealkylation sites (N-methyl/N-ethyl adjacent to an activating group) is 1. The summed E-state index contributed by atoms with van der Waals surface area (Å²) in [6.07, 6.45) is 8.66. The molecule has 0 heterocycles. The van der Waals surface area contributed by atoms with Gasteiger partial charge in [0, 0.05) is 18.0 Å². The molecule has 164 valence electrons. The fourth-order valence-electron chi connectivity index (χ4n) is 6.88. The third-order valence-corrected chi connectivity index (χ3v) is 9.04. The summed E-state index contributed by atoms with van der Waals surface area (Å²) in [7, 11) is 2.20. The lowest BCUT2D eigenvalue weighted by Gasteiger charge is -2.56. The van der Waals surface area contributed by atoms with Gasteiger partial charge in [-0.25, -0.2) is 0 Å². The number of hydrogen-bond acceptors (Lipinski definition) is 2. The van der Waals surface area contributed by atoms with Gasteiger partial charge in [0.2, 0.25) is 0 Å². The SMILES string of the molecule is CC(C)CCC[C@@H](C)[C@H]1CC[C@@]2(C)[C@@H](O)[C@@H](N(C)Cc3ccccc3)CC[C@]12C. The molecule has 2 aliphatic rings. The number of hydrogen-bond donors (Lipinski definition) is 1. The third kappa shape index (κ3) is 4.44. The Balaban J connectivity index is 1.68. The molecule has 0 unspecified atom stereocenters. The van der Waals surface area contributed by atoms with Crippen LogP contribution in [-0.2, 0) is 6.54 Å². The average molecular weight is 400 g/mol. The van der Waals surface area contributed by atoms with Gasteiger partial charge in [0.15, 0.2) is 0 Å². The number of benzene rings is 1. The first-order valence-electron chi connectivity index (χ1n) is 12.1. The Hall–Kier alpha value is -0.860. The average Bonchev–Trinajstić information content (AvgIpc) is 2.95. The van der Waals surface area contributed by atoms with Crippen LogP contribution in [0.25, 0.3) is 0 Å². The zero-order valence-electron chi connectivity index (χ0n) is 19.8. The first-order chi connectivity index (χ1) is 13.7. The Labute approximate surface area is 180 Å². The van der Waals surface area contributed by atoms with Gasteiger partial charge in [-0.3, -0.25) is 4.90 Å². The molecule has 0 aromatic heterocycles. The summed E-state index contributed by atoms with van der Waals surface area (Å²) in [5.41, 5.74) is 1.65. The van der Waals surface area contributed by atoms with Gasteiger partial charge >= 0.3 is 0 Å². The van der Waals surface area contributed by atoms with Crippen LogP contribution in [0.5, 0.6) is 0 Å². The molecule has 1 aromatic rings. The lowest BCUT2D eigenvalue weighted by molar-refractivity contribution is -0.135. The van der Waals surface area contributed by atoms with Crippen LogP contribution in [0.1, 0.15) is 85.1 Å². The molecule has 2 aliphatic carbocycles. The summed E-state index contributed by atoms with van der Waals surface area (Å²) in [5.74, 6) is 2.34. The monoisotopic (exact) mass is 399 g/mol. The molecular formula is C27H45NO. The van der Waals surface area contributed by atoms with Gasteiger partial charge in [0.05, 0.1) is 6.10 Å². The fourth-order valence-corrected chi connectivity index (χ4v) is 6.88. The normalized spacial score (nSPS) is 35.8. The van der Waals surface area contributed by atoms with E-state index in [1.807, 2.05) is 0 Å². The molecule has 1 N–H and O–H groups in total. The molecule has 2 saturated carbocycles. The Morgan fingerprint density at radius 1 is 1.00 bits per heavy atom. The van der Waals surface area contributed by atoms with E-state index in [9.17, 15) is 5.11 Å². The van der Waals surface area contributed by atoms with E-state index in [4.69, 9.17) is 0 Å². The Morgan fingerprint density at radius 2 is 1.66 bits per heavy atom. The first kappa shape index (κ1) is 22.8. The molecule has 0 amide bonds. The van der Waals surface area contributed by atoms with Gasteiger partial charge in [-0.2, -0.15) is 0 Å². The van der Waals surface area contributed by atoms with Crippen LogP contribution in [0, 0.1) is 28.6 Å². The van der Waals surface area contributed by atoms with Crippen molar-refractivity contribution < 1.29 is 5.11 Å². The molecular weight excluding hydrogens is 354 g/mol. The first-order valence-corrected chi connectivity index (χ1v) is 12.1. The molecule has 2 fully saturated rings. The summed E-state index contributed by atoms with van der Waals surface area (Å²) < 4.78 is 0. The molecule has 0 saturated heterocycles. The van der Waals surface area contributed by atoms with Crippen molar-refractivity contribution in [3.8, 4) is 0 Å². The highest BCUT2D eigenvalue weighted by Gasteiger charge is 2.62. The Bertz CT molecular complexity index is 643. The van der Waals surface area contributed by atoms with Crippen LogP contribution < -0.4 is 0 Å². The molecule has 2 heteroatoms. The molecule has 1 aromatic carbocycles. The molecule has 0 bridgehead atoms.